The fraction of sp³-hybridized carbons (Fsp3) is 0.103. The Morgan fingerprint density at radius 2 is 1.59 bits per heavy atom. The molecule has 9 nitrogen and oxygen atoms in total. The van der Waals surface area contributed by atoms with Gasteiger partial charge in [0.05, 0.1) is 24.8 Å². The number of carbonyl (C=O) groups excluding carboxylic acids is 2. The summed E-state index contributed by atoms with van der Waals surface area (Å²) in [5, 5.41) is 16.0. The van der Waals surface area contributed by atoms with Gasteiger partial charge in [-0.2, -0.15) is 0 Å². The van der Waals surface area contributed by atoms with Crippen LogP contribution >= 0.6 is 11.8 Å². The van der Waals surface area contributed by atoms with Crippen LogP contribution in [-0.2, 0) is 4.79 Å². The Morgan fingerprint density at radius 1 is 0.846 bits per heavy atom. The molecule has 4 rings (SSSR count). The zero-order chi connectivity index (χ0) is 27.8. The molecule has 0 saturated heterocycles. The number of non-ortho nitro benzene ring substituents is 1. The van der Waals surface area contributed by atoms with Crippen molar-refractivity contribution in [2.45, 2.75) is 10.1 Å². The Bertz CT molecular complexity index is 1480. The maximum absolute atomic E-state index is 13.5. The molecule has 39 heavy (non-hydrogen) atoms. The molecule has 0 heterocycles. The lowest BCUT2D eigenvalue weighted by molar-refractivity contribution is -0.384. The second-order valence-corrected chi connectivity index (χ2v) is 9.43. The van der Waals surface area contributed by atoms with E-state index in [0.29, 0.717) is 22.9 Å². The number of amides is 2. The average molecular weight is 544 g/mol. The van der Waals surface area contributed by atoms with Crippen LogP contribution in [0.4, 0.5) is 17.1 Å². The number of ether oxygens (including phenoxy) is 2. The maximum Gasteiger partial charge on any atom is 0.269 e. The molecule has 10 heteroatoms. The SMILES string of the molecule is COc1ccc(NC(=O)C(Sc2cccc(NC(=O)c3ccc([N+](=O)[O-])cc3)c2)c2ccccc2)c(OC)c1. The number of carbonyl (C=O) groups is 2. The van der Waals surface area contributed by atoms with Crippen molar-refractivity contribution in [2.24, 2.45) is 0 Å². The van der Waals surface area contributed by atoms with Gasteiger partial charge in [0.15, 0.2) is 0 Å². The molecule has 0 aromatic heterocycles. The second kappa shape index (κ2) is 12.6. The summed E-state index contributed by atoms with van der Waals surface area (Å²) in [4.78, 5) is 37.3. The quantitative estimate of drug-likeness (QED) is 0.136. The summed E-state index contributed by atoms with van der Waals surface area (Å²) in [5.74, 6) is 0.410. The van der Waals surface area contributed by atoms with E-state index in [1.54, 1.807) is 43.5 Å². The summed E-state index contributed by atoms with van der Waals surface area (Å²) in [5.41, 5.74) is 2.02. The predicted octanol–water partition coefficient (Wildman–Crippen LogP) is 6.34. The molecule has 0 aliphatic rings. The predicted molar refractivity (Wildman–Crippen MR) is 151 cm³/mol. The summed E-state index contributed by atoms with van der Waals surface area (Å²) in [6.45, 7) is 0. The third-order valence-corrected chi connectivity index (χ3v) is 6.94. The van der Waals surface area contributed by atoms with Crippen LogP contribution in [0.25, 0.3) is 0 Å². The standard InChI is InChI=1S/C29H25N3O6S/c1-37-23-15-16-25(26(18-23)38-2)31-29(34)27(19-7-4-3-5-8-19)39-24-10-6-9-21(17-24)30-28(33)20-11-13-22(14-12-20)32(35)36/h3-18,27H,1-2H3,(H,30,33)(H,31,34). The van der Waals surface area contributed by atoms with Gasteiger partial charge in [0.25, 0.3) is 11.6 Å². The lowest BCUT2D eigenvalue weighted by atomic mass is 10.1. The number of hydrogen-bond acceptors (Lipinski definition) is 7. The largest absolute Gasteiger partial charge is 0.497 e. The third kappa shape index (κ3) is 6.93. The van der Waals surface area contributed by atoms with Gasteiger partial charge in [0.2, 0.25) is 5.91 Å². The Balaban J connectivity index is 1.54. The number of rotatable bonds is 10. The number of hydrogen-bond donors (Lipinski definition) is 2. The van der Waals surface area contributed by atoms with Gasteiger partial charge in [0, 0.05) is 34.3 Å². The van der Waals surface area contributed by atoms with Crippen LogP contribution in [0.3, 0.4) is 0 Å². The number of nitrogens with zero attached hydrogens (tertiary/aromatic N) is 1. The maximum atomic E-state index is 13.5. The summed E-state index contributed by atoms with van der Waals surface area (Å²) < 4.78 is 10.7. The number of benzene rings is 4. The minimum absolute atomic E-state index is 0.0950. The molecule has 0 saturated carbocycles. The summed E-state index contributed by atoms with van der Waals surface area (Å²) in [7, 11) is 3.07. The molecule has 0 aliphatic heterocycles. The summed E-state index contributed by atoms with van der Waals surface area (Å²) in [6.07, 6.45) is 0. The molecule has 0 radical (unpaired) electrons. The topological polar surface area (TPSA) is 120 Å². The van der Waals surface area contributed by atoms with Gasteiger partial charge in [-0.05, 0) is 48.0 Å². The van der Waals surface area contributed by atoms with Crippen LogP contribution in [0.2, 0.25) is 0 Å². The van der Waals surface area contributed by atoms with E-state index in [2.05, 4.69) is 10.6 Å². The van der Waals surface area contributed by atoms with Gasteiger partial charge in [-0.25, -0.2) is 0 Å². The Kier molecular flexibility index (Phi) is 8.80. The van der Waals surface area contributed by atoms with Crippen molar-refractivity contribution < 1.29 is 24.0 Å². The van der Waals surface area contributed by atoms with Gasteiger partial charge < -0.3 is 20.1 Å². The van der Waals surface area contributed by atoms with Crippen LogP contribution in [0.1, 0.15) is 21.2 Å². The molecule has 1 unspecified atom stereocenters. The van der Waals surface area contributed by atoms with E-state index in [4.69, 9.17) is 9.47 Å². The van der Waals surface area contributed by atoms with E-state index < -0.39 is 16.1 Å². The number of nitro benzene ring substituents is 1. The number of nitro groups is 1. The van der Waals surface area contributed by atoms with Crippen molar-refractivity contribution >= 4 is 40.6 Å². The highest BCUT2D eigenvalue weighted by Gasteiger charge is 2.23. The minimum atomic E-state index is -0.612. The zero-order valence-electron chi connectivity index (χ0n) is 21.1. The van der Waals surface area contributed by atoms with Gasteiger partial charge in [-0.15, -0.1) is 11.8 Å². The molecular weight excluding hydrogens is 518 g/mol. The van der Waals surface area contributed by atoms with Crippen LogP contribution in [0, 0.1) is 10.1 Å². The van der Waals surface area contributed by atoms with E-state index >= 15 is 0 Å². The highest BCUT2D eigenvalue weighted by Crippen LogP contribution is 2.38. The Morgan fingerprint density at radius 3 is 2.26 bits per heavy atom. The molecule has 4 aromatic rings. The summed E-state index contributed by atoms with van der Waals surface area (Å²) in [6, 6.07) is 27.0. The molecule has 4 aromatic carbocycles. The highest BCUT2D eigenvalue weighted by atomic mass is 32.2. The normalized spacial score (nSPS) is 11.2. The number of methoxy groups -OCH3 is 2. The van der Waals surface area contributed by atoms with Gasteiger partial charge >= 0.3 is 0 Å². The van der Waals surface area contributed by atoms with Crippen molar-refractivity contribution in [3.63, 3.8) is 0 Å². The molecule has 198 valence electrons. The molecule has 1 atom stereocenters. The molecule has 2 N–H and O–H groups in total. The molecule has 0 spiro atoms. The molecule has 0 aliphatic carbocycles. The van der Waals surface area contributed by atoms with Crippen LogP contribution < -0.4 is 20.1 Å². The van der Waals surface area contributed by atoms with Crippen molar-refractivity contribution in [1.29, 1.82) is 0 Å². The van der Waals surface area contributed by atoms with Crippen LogP contribution in [0.5, 0.6) is 11.5 Å². The Hall–Kier alpha value is -4.83. The minimum Gasteiger partial charge on any atom is -0.497 e. The first-order valence-electron chi connectivity index (χ1n) is 11.8. The van der Waals surface area contributed by atoms with Crippen molar-refractivity contribution in [2.75, 3.05) is 24.9 Å². The lowest BCUT2D eigenvalue weighted by Crippen LogP contribution is -2.19. The highest BCUT2D eigenvalue weighted by molar-refractivity contribution is 8.00. The fourth-order valence-electron chi connectivity index (χ4n) is 3.72. The first kappa shape index (κ1) is 27.2. The van der Waals surface area contributed by atoms with E-state index in [9.17, 15) is 19.7 Å². The van der Waals surface area contributed by atoms with Crippen LogP contribution in [0.15, 0.2) is 102 Å². The monoisotopic (exact) mass is 543 g/mol. The fourth-order valence-corrected chi connectivity index (χ4v) is 4.81. The number of nitrogens with one attached hydrogen (secondary N) is 2. The first-order valence-corrected chi connectivity index (χ1v) is 12.7. The smallest absolute Gasteiger partial charge is 0.269 e. The Labute approximate surface area is 229 Å². The first-order chi connectivity index (χ1) is 18.9. The second-order valence-electron chi connectivity index (χ2n) is 8.25. The van der Waals surface area contributed by atoms with E-state index in [-0.39, 0.29) is 17.2 Å². The lowest BCUT2D eigenvalue weighted by Gasteiger charge is -2.19. The van der Waals surface area contributed by atoms with E-state index in [0.717, 1.165) is 10.5 Å². The van der Waals surface area contributed by atoms with Crippen molar-refractivity contribution in [1.82, 2.24) is 0 Å². The summed E-state index contributed by atoms with van der Waals surface area (Å²) >= 11 is 1.33. The van der Waals surface area contributed by atoms with E-state index in [1.807, 2.05) is 36.4 Å². The number of thioether (sulfide) groups is 1. The van der Waals surface area contributed by atoms with E-state index in [1.165, 1.54) is 43.1 Å². The average Bonchev–Trinajstić information content (AvgIpc) is 2.96. The van der Waals surface area contributed by atoms with Crippen molar-refractivity contribution in [3.05, 3.63) is 118 Å². The number of anilines is 2. The van der Waals surface area contributed by atoms with Gasteiger partial charge in [0.1, 0.15) is 16.7 Å². The zero-order valence-corrected chi connectivity index (χ0v) is 21.9. The van der Waals surface area contributed by atoms with Crippen LogP contribution in [-0.4, -0.2) is 31.0 Å². The van der Waals surface area contributed by atoms with Gasteiger partial charge in [-0.3, -0.25) is 19.7 Å². The molecule has 2 amide bonds. The molecule has 0 fully saturated rings. The molecule has 0 bridgehead atoms. The third-order valence-electron chi connectivity index (χ3n) is 5.69. The van der Waals surface area contributed by atoms with Gasteiger partial charge in [-0.1, -0.05) is 36.4 Å². The molecular formula is C29H25N3O6S. The van der Waals surface area contributed by atoms with Crippen molar-refractivity contribution in [3.8, 4) is 11.5 Å².